The van der Waals surface area contributed by atoms with Crippen LogP contribution < -0.4 is 0 Å². The molecule has 0 atom stereocenters. The van der Waals surface area contributed by atoms with Gasteiger partial charge in [-0.1, -0.05) is 6.07 Å². The topological polar surface area (TPSA) is 34.4 Å². The van der Waals surface area contributed by atoms with Crippen molar-refractivity contribution in [2.24, 2.45) is 0 Å². The number of hydrogen-bond acceptors (Lipinski definition) is 2. The zero-order chi connectivity index (χ0) is 12.5. The fourth-order valence-corrected chi connectivity index (χ4v) is 2.18. The second-order valence-corrected chi connectivity index (χ2v) is 4.30. The van der Waals surface area contributed by atoms with Gasteiger partial charge in [0.1, 0.15) is 0 Å². The lowest BCUT2D eigenvalue weighted by Crippen LogP contribution is -1.93. The maximum absolute atomic E-state index is 11.4. The molecule has 0 aromatic carbocycles. The van der Waals surface area contributed by atoms with Crippen LogP contribution in [0.15, 0.2) is 48.9 Å². The number of rotatable bonds is 2. The van der Waals surface area contributed by atoms with Crippen molar-refractivity contribution >= 4 is 11.8 Å². The highest BCUT2D eigenvalue weighted by Crippen LogP contribution is 2.26. The summed E-state index contributed by atoms with van der Waals surface area (Å²) in [7, 11) is 0. The second kappa shape index (κ2) is 4.11. The first-order valence-electron chi connectivity index (χ1n) is 5.77. The molecule has 0 unspecified atom stereocenters. The molecule has 0 saturated carbocycles. The van der Waals surface area contributed by atoms with E-state index >= 15 is 0 Å². The number of nitrogens with zero attached hydrogens (tertiary/aromatic N) is 2. The maximum atomic E-state index is 11.4. The maximum Gasteiger partial charge on any atom is 0.167 e. The summed E-state index contributed by atoms with van der Waals surface area (Å²) in [6.07, 6.45) is 6.35. The van der Waals surface area contributed by atoms with Crippen LogP contribution in [0.5, 0.6) is 0 Å². The SMILES string of the molecule is Cc1ccc2cc(-c3ccncc3)c(C=O)n2c1. The Morgan fingerprint density at radius 2 is 1.94 bits per heavy atom. The van der Waals surface area contributed by atoms with Gasteiger partial charge in [-0.25, -0.2) is 0 Å². The molecule has 3 heteroatoms. The van der Waals surface area contributed by atoms with Gasteiger partial charge in [0.2, 0.25) is 0 Å². The smallest absolute Gasteiger partial charge is 0.167 e. The first kappa shape index (κ1) is 10.7. The van der Waals surface area contributed by atoms with Crippen molar-refractivity contribution in [2.45, 2.75) is 6.92 Å². The Balaban J connectivity index is 2.33. The summed E-state index contributed by atoms with van der Waals surface area (Å²) in [6.45, 7) is 2.01. The van der Waals surface area contributed by atoms with Gasteiger partial charge >= 0.3 is 0 Å². The summed E-state index contributed by atoms with van der Waals surface area (Å²) in [5.41, 5.74) is 4.78. The van der Waals surface area contributed by atoms with Crippen LogP contribution in [-0.4, -0.2) is 15.7 Å². The molecule has 0 aliphatic rings. The van der Waals surface area contributed by atoms with Crippen molar-refractivity contribution in [1.82, 2.24) is 9.38 Å². The Hall–Kier alpha value is -2.42. The molecule has 3 aromatic rings. The monoisotopic (exact) mass is 236 g/mol. The van der Waals surface area contributed by atoms with E-state index in [1.807, 2.05) is 47.9 Å². The van der Waals surface area contributed by atoms with Crippen LogP contribution in [0.3, 0.4) is 0 Å². The highest BCUT2D eigenvalue weighted by atomic mass is 16.1. The van der Waals surface area contributed by atoms with Crippen molar-refractivity contribution in [1.29, 1.82) is 0 Å². The van der Waals surface area contributed by atoms with E-state index in [9.17, 15) is 4.79 Å². The van der Waals surface area contributed by atoms with E-state index in [4.69, 9.17) is 0 Å². The molecule has 3 aromatic heterocycles. The summed E-state index contributed by atoms with van der Waals surface area (Å²) in [6, 6.07) is 9.91. The zero-order valence-electron chi connectivity index (χ0n) is 10.00. The van der Waals surface area contributed by atoms with Gasteiger partial charge in [0, 0.05) is 29.7 Å². The van der Waals surface area contributed by atoms with E-state index in [2.05, 4.69) is 4.98 Å². The molecule has 0 amide bonds. The molecule has 3 heterocycles. The predicted molar refractivity (Wildman–Crippen MR) is 70.8 cm³/mol. The van der Waals surface area contributed by atoms with Crippen LogP contribution in [0.1, 0.15) is 16.1 Å². The molecular weight excluding hydrogens is 224 g/mol. The molecule has 0 N–H and O–H groups in total. The Kier molecular flexibility index (Phi) is 2.45. The molecular formula is C15H12N2O. The zero-order valence-corrected chi connectivity index (χ0v) is 10.00. The van der Waals surface area contributed by atoms with Crippen LogP contribution in [0.4, 0.5) is 0 Å². The van der Waals surface area contributed by atoms with Crippen molar-refractivity contribution in [3.05, 3.63) is 60.2 Å². The largest absolute Gasteiger partial charge is 0.313 e. The number of hydrogen-bond donors (Lipinski definition) is 0. The van der Waals surface area contributed by atoms with Crippen molar-refractivity contribution in [2.75, 3.05) is 0 Å². The van der Waals surface area contributed by atoms with E-state index in [1.165, 1.54) is 0 Å². The lowest BCUT2D eigenvalue weighted by molar-refractivity contribution is 0.111. The van der Waals surface area contributed by atoms with Gasteiger partial charge in [-0.2, -0.15) is 0 Å². The van der Waals surface area contributed by atoms with Crippen LogP contribution in [0.25, 0.3) is 16.6 Å². The third-order valence-electron chi connectivity index (χ3n) is 3.06. The number of pyridine rings is 2. The van der Waals surface area contributed by atoms with Crippen LogP contribution >= 0.6 is 0 Å². The van der Waals surface area contributed by atoms with Crippen LogP contribution in [0, 0.1) is 6.92 Å². The highest BCUT2D eigenvalue weighted by molar-refractivity contribution is 5.89. The summed E-state index contributed by atoms with van der Waals surface area (Å²) in [5, 5.41) is 0. The molecule has 0 aliphatic carbocycles. The number of carbonyl (C=O) groups is 1. The summed E-state index contributed by atoms with van der Waals surface area (Å²) in [5.74, 6) is 0. The Morgan fingerprint density at radius 3 is 2.67 bits per heavy atom. The van der Waals surface area contributed by atoms with Crippen LogP contribution in [0.2, 0.25) is 0 Å². The molecule has 0 radical (unpaired) electrons. The molecule has 0 saturated heterocycles. The van der Waals surface area contributed by atoms with Gasteiger partial charge in [0.25, 0.3) is 0 Å². The Bertz CT molecular complexity index is 714. The van der Waals surface area contributed by atoms with E-state index < -0.39 is 0 Å². The van der Waals surface area contributed by atoms with E-state index in [1.54, 1.807) is 12.4 Å². The quantitative estimate of drug-likeness (QED) is 0.641. The number of carbonyl (C=O) groups excluding carboxylic acids is 1. The number of fused-ring (bicyclic) bond motifs is 1. The molecule has 18 heavy (non-hydrogen) atoms. The van der Waals surface area contributed by atoms with Gasteiger partial charge in [0.05, 0.1) is 5.69 Å². The molecule has 88 valence electrons. The summed E-state index contributed by atoms with van der Waals surface area (Å²) >= 11 is 0. The van der Waals surface area contributed by atoms with Gasteiger partial charge in [-0.05, 0) is 42.3 Å². The Labute approximate surface area is 105 Å². The highest BCUT2D eigenvalue weighted by Gasteiger charge is 2.10. The summed E-state index contributed by atoms with van der Waals surface area (Å²) < 4.78 is 1.93. The molecule has 0 aliphatic heterocycles. The average Bonchev–Trinajstić information content (AvgIpc) is 2.77. The van der Waals surface area contributed by atoms with Gasteiger partial charge in [-0.3, -0.25) is 9.78 Å². The fourth-order valence-electron chi connectivity index (χ4n) is 2.18. The lowest BCUT2D eigenvalue weighted by atomic mass is 10.1. The van der Waals surface area contributed by atoms with Crippen molar-refractivity contribution < 1.29 is 4.79 Å². The van der Waals surface area contributed by atoms with E-state index in [0.717, 1.165) is 28.5 Å². The fraction of sp³-hybridized carbons (Fsp3) is 0.0667. The molecule has 3 nitrogen and oxygen atoms in total. The average molecular weight is 236 g/mol. The first-order chi connectivity index (χ1) is 8.79. The van der Waals surface area contributed by atoms with Gasteiger partial charge in [-0.15, -0.1) is 0 Å². The third-order valence-corrected chi connectivity index (χ3v) is 3.06. The molecule has 0 bridgehead atoms. The van der Waals surface area contributed by atoms with Gasteiger partial charge < -0.3 is 4.40 Å². The first-order valence-corrected chi connectivity index (χ1v) is 5.77. The number of aldehydes is 1. The van der Waals surface area contributed by atoms with E-state index in [-0.39, 0.29) is 0 Å². The van der Waals surface area contributed by atoms with E-state index in [0.29, 0.717) is 5.69 Å². The standard InChI is InChI=1S/C15H12N2O/c1-11-2-3-13-8-14(12-4-6-16-7-5-12)15(10-18)17(13)9-11/h2-10H,1H3. The number of aromatic nitrogens is 2. The number of aryl methyl sites for hydroxylation is 1. The lowest BCUT2D eigenvalue weighted by Gasteiger charge is -2.00. The minimum Gasteiger partial charge on any atom is -0.313 e. The van der Waals surface area contributed by atoms with Crippen LogP contribution in [-0.2, 0) is 0 Å². The minimum absolute atomic E-state index is 0.680. The Morgan fingerprint density at radius 1 is 1.17 bits per heavy atom. The minimum atomic E-state index is 0.680. The van der Waals surface area contributed by atoms with Crippen molar-refractivity contribution in [3.8, 4) is 11.1 Å². The van der Waals surface area contributed by atoms with Gasteiger partial charge in [0.15, 0.2) is 6.29 Å². The summed E-state index contributed by atoms with van der Waals surface area (Å²) in [4.78, 5) is 15.3. The van der Waals surface area contributed by atoms with Crippen molar-refractivity contribution in [3.63, 3.8) is 0 Å². The predicted octanol–water partition coefficient (Wildman–Crippen LogP) is 3.12. The molecule has 0 fully saturated rings. The normalized spacial score (nSPS) is 10.7. The molecule has 0 spiro atoms. The molecule has 3 rings (SSSR count). The third kappa shape index (κ3) is 1.61. The second-order valence-electron chi connectivity index (χ2n) is 4.30.